The van der Waals surface area contributed by atoms with E-state index in [1.807, 2.05) is 0 Å². The molecule has 0 amide bonds. The summed E-state index contributed by atoms with van der Waals surface area (Å²) >= 11 is 0. The van der Waals surface area contributed by atoms with Gasteiger partial charge in [-0.15, -0.1) is 0 Å². The fourth-order valence-corrected chi connectivity index (χ4v) is 2.52. The van der Waals surface area contributed by atoms with Gasteiger partial charge in [-0.1, -0.05) is 6.92 Å². The van der Waals surface area contributed by atoms with Crippen LogP contribution in [0.1, 0.15) is 26.2 Å². The summed E-state index contributed by atoms with van der Waals surface area (Å²) in [6.07, 6.45) is 4.14. The van der Waals surface area contributed by atoms with Gasteiger partial charge < -0.3 is 4.90 Å². The average molecular weight is 197 g/mol. The maximum absolute atomic E-state index is 3.68. The van der Waals surface area contributed by atoms with Gasteiger partial charge in [0.05, 0.1) is 0 Å². The first-order valence-electron chi connectivity index (χ1n) is 5.93. The predicted octanol–water partition coefficient (Wildman–Crippen LogP) is 0.927. The van der Waals surface area contributed by atoms with E-state index >= 15 is 0 Å². The molecule has 1 N–H and O–H groups in total. The summed E-state index contributed by atoms with van der Waals surface area (Å²) in [7, 11) is 2.20. The van der Waals surface area contributed by atoms with Crippen LogP contribution in [-0.2, 0) is 0 Å². The molecule has 0 spiro atoms. The van der Waals surface area contributed by atoms with Crippen molar-refractivity contribution in [2.45, 2.75) is 32.2 Å². The predicted molar refractivity (Wildman–Crippen MR) is 59.0 cm³/mol. The summed E-state index contributed by atoms with van der Waals surface area (Å²) in [6, 6.07) is 0.758. The highest BCUT2D eigenvalue weighted by molar-refractivity contribution is 4.78. The van der Waals surface area contributed by atoms with E-state index in [0.29, 0.717) is 0 Å². The van der Waals surface area contributed by atoms with E-state index in [4.69, 9.17) is 0 Å². The summed E-state index contributed by atoms with van der Waals surface area (Å²) in [5.41, 5.74) is 3.68. The number of hydrazine groups is 1. The topological polar surface area (TPSA) is 18.5 Å². The fraction of sp³-hybridized carbons (Fsp3) is 1.00. The van der Waals surface area contributed by atoms with Crippen molar-refractivity contribution in [1.29, 1.82) is 0 Å². The minimum atomic E-state index is 0.758. The van der Waals surface area contributed by atoms with Crippen LogP contribution >= 0.6 is 0 Å². The maximum atomic E-state index is 3.68. The quantitative estimate of drug-likeness (QED) is 0.710. The highest BCUT2D eigenvalue weighted by Crippen LogP contribution is 2.24. The summed E-state index contributed by atoms with van der Waals surface area (Å²) < 4.78 is 0. The molecule has 1 aliphatic heterocycles. The largest absolute Gasteiger partial charge is 0.304 e. The molecule has 3 heteroatoms. The van der Waals surface area contributed by atoms with Gasteiger partial charge in [-0.3, -0.25) is 5.43 Å². The highest BCUT2D eigenvalue weighted by atomic mass is 15.5. The van der Waals surface area contributed by atoms with Crippen molar-refractivity contribution in [2.24, 2.45) is 5.92 Å². The number of nitrogens with one attached hydrogen (secondary N) is 1. The molecule has 1 aliphatic carbocycles. The molecule has 3 nitrogen and oxygen atoms in total. The molecule has 0 aromatic rings. The number of piperazine rings is 1. The van der Waals surface area contributed by atoms with Gasteiger partial charge in [0.1, 0.15) is 0 Å². The second kappa shape index (κ2) is 4.60. The molecule has 0 bridgehead atoms. The van der Waals surface area contributed by atoms with Crippen molar-refractivity contribution < 1.29 is 0 Å². The van der Waals surface area contributed by atoms with Gasteiger partial charge in [-0.2, -0.15) is 0 Å². The van der Waals surface area contributed by atoms with Crippen LogP contribution in [-0.4, -0.2) is 49.2 Å². The lowest BCUT2D eigenvalue weighted by molar-refractivity contribution is 0.0871. The first-order valence-corrected chi connectivity index (χ1v) is 5.93. The lowest BCUT2D eigenvalue weighted by Crippen LogP contribution is -2.53. The van der Waals surface area contributed by atoms with Crippen molar-refractivity contribution in [3.05, 3.63) is 0 Å². The molecule has 1 heterocycles. The third-order valence-corrected chi connectivity index (χ3v) is 3.56. The Morgan fingerprint density at radius 2 is 1.79 bits per heavy atom. The van der Waals surface area contributed by atoms with E-state index < -0.39 is 0 Å². The first-order chi connectivity index (χ1) is 6.74. The molecular formula is C11H23N3. The zero-order valence-electron chi connectivity index (χ0n) is 9.50. The second-order valence-electron chi connectivity index (χ2n) is 5.03. The zero-order chi connectivity index (χ0) is 9.97. The van der Waals surface area contributed by atoms with E-state index in [0.717, 1.165) is 12.0 Å². The average Bonchev–Trinajstić information content (AvgIpc) is 2.56. The molecule has 2 rings (SSSR count). The Bertz CT molecular complexity index is 175. The fourth-order valence-electron chi connectivity index (χ4n) is 2.52. The summed E-state index contributed by atoms with van der Waals surface area (Å²) in [5, 5.41) is 2.42. The molecule has 1 saturated heterocycles. The van der Waals surface area contributed by atoms with Crippen LogP contribution in [0.4, 0.5) is 0 Å². The molecule has 0 aromatic heterocycles. The third-order valence-electron chi connectivity index (χ3n) is 3.56. The Kier molecular flexibility index (Phi) is 3.42. The summed E-state index contributed by atoms with van der Waals surface area (Å²) in [6.45, 7) is 7.14. The normalized spacial score (nSPS) is 36.4. The van der Waals surface area contributed by atoms with Crippen molar-refractivity contribution in [3.63, 3.8) is 0 Å². The van der Waals surface area contributed by atoms with Crippen LogP contribution in [0.5, 0.6) is 0 Å². The highest BCUT2D eigenvalue weighted by Gasteiger charge is 2.23. The molecular weight excluding hydrogens is 174 g/mol. The molecule has 1 saturated carbocycles. The molecule has 82 valence electrons. The molecule has 0 aromatic carbocycles. The van der Waals surface area contributed by atoms with Gasteiger partial charge in [-0.25, -0.2) is 5.01 Å². The van der Waals surface area contributed by atoms with Crippen molar-refractivity contribution in [3.8, 4) is 0 Å². The zero-order valence-corrected chi connectivity index (χ0v) is 9.50. The number of likely N-dealkylation sites (N-methyl/N-ethyl adjacent to an activating group) is 1. The smallest absolute Gasteiger partial charge is 0.0259 e. The van der Waals surface area contributed by atoms with Crippen molar-refractivity contribution in [2.75, 3.05) is 33.2 Å². The Morgan fingerprint density at radius 3 is 2.36 bits per heavy atom. The van der Waals surface area contributed by atoms with Crippen LogP contribution in [0.25, 0.3) is 0 Å². The number of nitrogens with zero attached hydrogens (tertiary/aromatic N) is 2. The number of rotatable bonds is 2. The maximum Gasteiger partial charge on any atom is 0.0259 e. The van der Waals surface area contributed by atoms with Crippen LogP contribution in [0.3, 0.4) is 0 Å². The molecule has 2 fully saturated rings. The SMILES string of the molecule is C[C@H]1CC[C@@H](NN2CCN(C)CC2)C1. The van der Waals surface area contributed by atoms with E-state index in [9.17, 15) is 0 Å². The molecule has 2 atom stereocenters. The van der Waals surface area contributed by atoms with Gasteiger partial charge in [0.2, 0.25) is 0 Å². The Hall–Kier alpha value is -0.120. The van der Waals surface area contributed by atoms with E-state index in [1.54, 1.807) is 0 Å². The van der Waals surface area contributed by atoms with E-state index in [-0.39, 0.29) is 0 Å². The number of hydrogen-bond acceptors (Lipinski definition) is 3. The lowest BCUT2D eigenvalue weighted by Gasteiger charge is -2.34. The first kappa shape index (κ1) is 10.4. The van der Waals surface area contributed by atoms with Gasteiger partial charge in [0.25, 0.3) is 0 Å². The lowest BCUT2D eigenvalue weighted by atomic mass is 10.1. The Labute approximate surface area is 87.4 Å². The van der Waals surface area contributed by atoms with E-state index in [1.165, 1.54) is 45.4 Å². The van der Waals surface area contributed by atoms with Crippen molar-refractivity contribution in [1.82, 2.24) is 15.3 Å². The van der Waals surface area contributed by atoms with Gasteiger partial charge >= 0.3 is 0 Å². The summed E-state index contributed by atoms with van der Waals surface area (Å²) in [4.78, 5) is 2.40. The Balaban J connectivity index is 1.70. The van der Waals surface area contributed by atoms with Crippen molar-refractivity contribution >= 4 is 0 Å². The van der Waals surface area contributed by atoms with Gasteiger partial charge in [-0.05, 0) is 32.2 Å². The Morgan fingerprint density at radius 1 is 1.07 bits per heavy atom. The van der Waals surface area contributed by atoms with Crippen LogP contribution in [0, 0.1) is 5.92 Å². The van der Waals surface area contributed by atoms with Crippen LogP contribution in [0.15, 0.2) is 0 Å². The van der Waals surface area contributed by atoms with Gasteiger partial charge in [0, 0.05) is 32.2 Å². The van der Waals surface area contributed by atoms with E-state index in [2.05, 4.69) is 29.3 Å². The minimum Gasteiger partial charge on any atom is -0.304 e. The molecule has 2 aliphatic rings. The van der Waals surface area contributed by atoms with Crippen LogP contribution in [0.2, 0.25) is 0 Å². The molecule has 14 heavy (non-hydrogen) atoms. The monoisotopic (exact) mass is 197 g/mol. The third kappa shape index (κ3) is 2.69. The number of hydrogen-bond donors (Lipinski definition) is 1. The summed E-state index contributed by atoms with van der Waals surface area (Å²) in [5.74, 6) is 0.931. The molecule has 0 unspecified atom stereocenters. The standard InChI is InChI=1S/C11H23N3/c1-10-3-4-11(9-10)12-14-7-5-13(2)6-8-14/h10-12H,3-9H2,1-2H3/t10-,11+/m0/s1. The van der Waals surface area contributed by atoms with Gasteiger partial charge in [0.15, 0.2) is 0 Å². The second-order valence-corrected chi connectivity index (χ2v) is 5.03. The van der Waals surface area contributed by atoms with Crippen LogP contribution < -0.4 is 5.43 Å². The minimum absolute atomic E-state index is 0.758. The molecule has 0 radical (unpaired) electrons.